The minimum absolute atomic E-state index is 0.0429. The number of nitrogens with zero attached hydrogens (tertiary/aromatic N) is 12. The third-order valence-corrected chi connectivity index (χ3v) is 16.1. The summed E-state index contributed by atoms with van der Waals surface area (Å²) >= 11 is 2.75. The van der Waals surface area contributed by atoms with Gasteiger partial charge in [0, 0.05) is 77.9 Å². The number of rotatable bonds is 24. The van der Waals surface area contributed by atoms with E-state index < -0.39 is 22.6 Å². The highest BCUT2D eigenvalue weighted by Gasteiger charge is 2.47. The monoisotopic (exact) mass is 1200 g/mol. The van der Waals surface area contributed by atoms with Crippen LogP contribution < -0.4 is 16.0 Å². The van der Waals surface area contributed by atoms with Gasteiger partial charge in [-0.1, -0.05) is 126 Å². The summed E-state index contributed by atoms with van der Waals surface area (Å²) < 4.78 is 53.7. The van der Waals surface area contributed by atoms with Crippen LogP contribution in [0.25, 0.3) is 22.8 Å². The second-order valence-corrected chi connectivity index (χ2v) is 22.0. The Morgan fingerprint density at radius 2 is 1.27 bits per heavy atom. The number of carbonyl (C=O) groups excluding carboxylic acids is 3. The number of allylic oxidation sites excluding steroid dienone is 1. The van der Waals surface area contributed by atoms with E-state index >= 15 is 0 Å². The largest absolute Gasteiger partial charge is 0.409 e. The number of thioether (sulfide) groups is 3. The van der Waals surface area contributed by atoms with Crippen LogP contribution in [0.5, 0.6) is 0 Å². The van der Waals surface area contributed by atoms with Crippen molar-refractivity contribution >= 4 is 81.5 Å². The smallest absolute Gasteiger partial charge is 0.375 e. The van der Waals surface area contributed by atoms with Crippen molar-refractivity contribution in [2.24, 2.45) is 10.1 Å². The molecule has 2 atom stereocenters. The van der Waals surface area contributed by atoms with Crippen LogP contribution in [0.2, 0.25) is 0 Å². The molecule has 432 valence electrons. The van der Waals surface area contributed by atoms with Gasteiger partial charge in [0.25, 0.3) is 0 Å². The maximum absolute atomic E-state index is 14.6. The predicted octanol–water partition coefficient (Wildman–Crippen LogP) is 10.3. The second-order valence-electron chi connectivity index (χ2n) is 18.8. The Labute approximate surface area is 499 Å². The van der Waals surface area contributed by atoms with Crippen molar-refractivity contribution in [3.8, 4) is 22.8 Å². The third-order valence-electron chi connectivity index (χ3n) is 12.8. The number of amides is 3. The fourth-order valence-corrected chi connectivity index (χ4v) is 11.5. The first-order valence-electron chi connectivity index (χ1n) is 26.5. The number of nitrogens with one attached hydrogen (secondary N) is 3. The fraction of sp³-hybridized carbons (Fsp3) is 0.183. The number of para-hydroxylation sites is 3. The molecule has 0 fully saturated rings. The van der Waals surface area contributed by atoms with E-state index in [0.29, 0.717) is 63.8 Å². The number of hydrazone groups is 1. The van der Waals surface area contributed by atoms with Gasteiger partial charge >= 0.3 is 6.18 Å². The molecule has 2 aliphatic rings. The van der Waals surface area contributed by atoms with Gasteiger partial charge in [-0.3, -0.25) is 33.9 Å². The van der Waals surface area contributed by atoms with Crippen LogP contribution >= 0.6 is 35.3 Å². The molecule has 8 aromatic rings. The maximum atomic E-state index is 14.6. The molecule has 19 nitrogen and oxygen atoms in total. The number of aliphatic imine (C=N–C) groups is 1. The number of amidine groups is 1. The molecule has 0 aliphatic carbocycles. The standard InChI is InChI=1S/C60H54F3N15O4S3/c1-2-31-76-56(45-17-14-30-66-36-45)78(74-59(76)83-40-50(79)67-46-18-6-3-7-19-46)33-32-75-52(43-15-12-28-64-34-43)70-72-57(75)84-49(54(80)68-47-20-8-4-9-21-47)39-82-38-42-26-24-41(25-27-42)37-77-53(44-16-13-29-65-35-44)71-73-58(77)85-51(60(61,62)63)55(81)69-48-22-10-5-11-23-48/h2-30,34-35,49,51H,1,31-33,36-40H2,(H,67,79)(H,68,80)(H,69,81). The van der Waals surface area contributed by atoms with Gasteiger partial charge in [0.2, 0.25) is 17.7 Å². The summed E-state index contributed by atoms with van der Waals surface area (Å²) in [5.41, 5.74) is 5.04. The SMILES string of the molecule is C=CCN1C(SCC(=O)Nc2ccccc2)=NN(CCn2c(SC(COCc3ccc(Cn4c(SC(C(=O)Nc5ccccc5)C(F)(F)F)nnc4-c4cccnc4)cc3)C(=O)Nc3ccccc3)nnc2-c2cccnc2)C1=C1C=CC=NC1. The van der Waals surface area contributed by atoms with Gasteiger partial charge in [-0.2, -0.15) is 13.2 Å². The minimum atomic E-state index is -4.93. The van der Waals surface area contributed by atoms with Crippen molar-refractivity contribution in [2.75, 3.05) is 47.9 Å². The Bertz CT molecular complexity index is 3710. The van der Waals surface area contributed by atoms with Crippen LogP contribution in [0.1, 0.15) is 11.1 Å². The Morgan fingerprint density at radius 1 is 0.682 bits per heavy atom. The molecule has 0 bridgehead atoms. The third kappa shape index (κ3) is 15.5. The van der Waals surface area contributed by atoms with Crippen LogP contribution in [-0.4, -0.2) is 127 Å². The van der Waals surface area contributed by atoms with Gasteiger partial charge in [0.05, 0.1) is 38.6 Å². The zero-order valence-corrected chi connectivity index (χ0v) is 47.7. The minimum Gasteiger partial charge on any atom is -0.375 e. The molecule has 6 heterocycles. The molecule has 0 saturated carbocycles. The number of anilines is 3. The Hall–Kier alpha value is -9.17. The lowest BCUT2D eigenvalue weighted by Crippen LogP contribution is -2.38. The second kappa shape index (κ2) is 28.4. The Balaban J connectivity index is 0.876. The van der Waals surface area contributed by atoms with Crippen molar-refractivity contribution < 1.29 is 32.3 Å². The topological polar surface area (TPSA) is 215 Å². The number of halogens is 3. The van der Waals surface area contributed by atoms with Crippen LogP contribution in [0.3, 0.4) is 0 Å². The zero-order valence-electron chi connectivity index (χ0n) is 45.3. The molecule has 4 aromatic heterocycles. The summed E-state index contributed by atoms with van der Waals surface area (Å²) in [6.07, 6.45) is 8.91. The van der Waals surface area contributed by atoms with E-state index in [2.05, 4.69) is 57.9 Å². The maximum Gasteiger partial charge on any atom is 0.409 e. The number of hydrogen-bond donors (Lipinski definition) is 3. The van der Waals surface area contributed by atoms with E-state index in [1.807, 2.05) is 105 Å². The summed E-state index contributed by atoms with van der Waals surface area (Å²) in [5.74, 6) is -0.152. The zero-order chi connectivity index (χ0) is 59.0. The highest BCUT2D eigenvalue weighted by molar-refractivity contribution is 8.14. The summed E-state index contributed by atoms with van der Waals surface area (Å²) in [6.45, 7) is 5.48. The highest BCUT2D eigenvalue weighted by Crippen LogP contribution is 2.38. The van der Waals surface area contributed by atoms with Gasteiger partial charge < -0.3 is 30.2 Å². The average Bonchev–Trinajstić information content (AvgIpc) is 3.29. The van der Waals surface area contributed by atoms with Crippen molar-refractivity contribution in [3.63, 3.8) is 0 Å². The molecule has 2 unspecified atom stereocenters. The summed E-state index contributed by atoms with van der Waals surface area (Å²) in [5, 5.41) is 30.6. The molecule has 3 N–H and O–H groups in total. The number of ether oxygens (including phenoxy) is 1. The molecule has 85 heavy (non-hydrogen) atoms. The lowest BCUT2D eigenvalue weighted by atomic mass is 10.1. The summed E-state index contributed by atoms with van der Waals surface area (Å²) in [6, 6.07) is 40.6. The molecule has 3 amide bonds. The molecular weight excluding hydrogens is 1150 g/mol. The van der Waals surface area contributed by atoms with Crippen molar-refractivity contribution in [2.45, 2.75) is 46.7 Å². The normalized spacial score (nSPS) is 14.6. The number of dihydropyridines is 1. The lowest BCUT2D eigenvalue weighted by Gasteiger charge is -2.26. The van der Waals surface area contributed by atoms with E-state index in [9.17, 15) is 27.6 Å². The number of hydrogen-bond acceptors (Lipinski definition) is 17. The van der Waals surface area contributed by atoms with Gasteiger partial charge in [-0.25, -0.2) is 5.01 Å². The number of carbonyl (C=O) groups is 3. The molecule has 0 saturated heterocycles. The van der Waals surface area contributed by atoms with Gasteiger partial charge in [0.1, 0.15) is 11.1 Å². The van der Waals surface area contributed by atoms with E-state index in [1.54, 1.807) is 79.4 Å². The van der Waals surface area contributed by atoms with E-state index in [0.717, 1.165) is 17.0 Å². The molecule has 2 aliphatic heterocycles. The molecule has 0 radical (unpaired) electrons. The Kier molecular flexibility index (Phi) is 19.7. The van der Waals surface area contributed by atoms with Crippen molar-refractivity contribution in [1.82, 2.24) is 49.4 Å². The molecule has 4 aromatic carbocycles. The van der Waals surface area contributed by atoms with Gasteiger partial charge in [-0.15, -0.1) is 32.1 Å². The van der Waals surface area contributed by atoms with Crippen molar-refractivity contribution in [3.05, 3.63) is 212 Å². The van der Waals surface area contributed by atoms with Crippen LogP contribution in [0, 0.1) is 0 Å². The molecule has 10 rings (SSSR count). The lowest BCUT2D eigenvalue weighted by molar-refractivity contribution is -0.146. The number of aromatic nitrogens is 8. The predicted molar refractivity (Wildman–Crippen MR) is 325 cm³/mol. The first-order valence-corrected chi connectivity index (χ1v) is 29.3. The first-order chi connectivity index (χ1) is 41.5. The quantitative estimate of drug-likeness (QED) is 0.0379. The van der Waals surface area contributed by atoms with E-state index in [1.165, 1.54) is 46.4 Å². The van der Waals surface area contributed by atoms with Crippen molar-refractivity contribution in [1.29, 1.82) is 0 Å². The van der Waals surface area contributed by atoms with Crippen LogP contribution in [0.4, 0.5) is 30.2 Å². The van der Waals surface area contributed by atoms with E-state index in [4.69, 9.17) is 9.84 Å². The van der Waals surface area contributed by atoms with Crippen LogP contribution in [-0.2, 0) is 38.8 Å². The average molecular weight is 1200 g/mol. The first kappa shape index (κ1) is 59.0. The van der Waals surface area contributed by atoms with Gasteiger partial charge in [-0.05, 0) is 77.9 Å². The number of pyridine rings is 2. The summed E-state index contributed by atoms with van der Waals surface area (Å²) in [4.78, 5) is 55.9. The fourth-order valence-electron chi connectivity index (χ4n) is 8.80. The molecule has 25 heteroatoms. The Morgan fingerprint density at radius 3 is 1.85 bits per heavy atom. The molecular formula is C60H54F3N15O4S3. The van der Waals surface area contributed by atoms with E-state index in [-0.39, 0.29) is 72.3 Å². The van der Waals surface area contributed by atoms with Crippen LogP contribution in [0.15, 0.2) is 221 Å². The number of alkyl halides is 3. The van der Waals surface area contributed by atoms with Gasteiger partial charge in [0.15, 0.2) is 32.4 Å². The summed E-state index contributed by atoms with van der Waals surface area (Å²) in [7, 11) is 0. The number of benzene rings is 4. The molecule has 0 spiro atoms. The highest BCUT2D eigenvalue weighted by atomic mass is 32.2.